The number of nitrogens with one attached hydrogen (secondary N) is 1. The molecule has 1 aliphatic heterocycles. The van der Waals surface area contributed by atoms with Gasteiger partial charge in [-0.05, 0) is 70.1 Å². The topological polar surface area (TPSA) is 50.2 Å². The Morgan fingerprint density at radius 2 is 1.85 bits per heavy atom. The van der Waals surface area contributed by atoms with E-state index in [1.807, 2.05) is 6.92 Å². The maximum Gasteiger partial charge on any atom is 0.254 e. The van der Waals surface area contributed by atoms with Gasteiger partial charge >= 0.3 is 0 Å². The van der Waals surface area contributed by atoms with E-state index in [1.165, 1.54) is 50.9 Å². The second kappa shape index (κ2) is 8.94. The SMILES string of the molecule is Cc1c(C(=O)NCCCN2CCCCCC2)cnn1-c1ccc(F)cc1. The standard InChI is InChI=1S/C20H27FN4O/c1-16-19(15-23-25(16)18-9-7-17(21)8-10-18)20(26)22-11-6-14-24-12-4-2-3-5-13-24/h7-10,15H,2-6,11-14H2,1H3,(H,22,26). The first-order chi connectivity index (χ1) is 12.6. The lowest BCUT2D eigenvalue weighted by molar-refractivity contribution is 0.0951. The molecule has 0 radical (unpaired) electrons. The van der Waals surface area contributed by atoms with Crippen molar-refractivity contribution < 1.29 is 9.18 Å². The van der Waals surface area contributed by atoms with Crippen molar-refractivity contribution in [1.29, 1.82) is 0 Å². The minimum absolute atomic E-state index is 0.105. The number of benzene rings is 1. The predicted octanol–water partition coefficient (Wildman–Crippen LogP) is 3.32. The second-order valence-corrected chi connectivity index (χ2v) is 6.90. The van der Waals surface area contributed by atoms with E-state index < -0.39 is 0 Å². The molecule has 1 fully saturated rings. The lowest BCUT2D eigenvalue weighted by atomic mass is 10.2. The molecular weight excluding hydrogens is 331 g/mol. The number of carbonyl (C=O) groups excluding carboxylic acids is 1. The number of rotatable bonds is 6. The van der Waals surface area contributed by atoms with E-state index in [2.05, 4.69) is 15.3 Å². The van der Waals surface area contributed by atoms with Crippen LogP contribution in [0, 0.1) is 12.7 Å². The van der Waals surface area contributed by atoms with Crippen LogP contribution >= 0.6 is 0 Å². The lowest BCUT2D eigenvalue weighted by Crippen LogP contribution is -2.30. The monoisotopic (exact) mass is 358 g/mol. The zero-order valence-electron chi connectivity index (χ0n) is 15.4. The largest absolute Gasteiger partial charge is 0.352 e. The van der Waals surface area contributed by atoms with Gasteiger partial charge in [-0.15, -0.1) is 0 Å². The van der Waals surface area contributed by atoms with E-state index in [1.54, 1.807) is 23.0 Å². The van der Waals surface area contributed by atoms with Crippen molar-refractivity contribution >= 4 is 5.91 Å². The Hall–Kier alpha value is -2.21. The van der Waals surface area contributed by atoms with Crippen molar-refractivity contribution in [3.05, 3.63) is 47.5 Å². The number of hydrogen-bond acceptors (Lipinski definition) is 3. The highest BCUT2D eigenvalue weighted by Crippen LogP contribution is 2.15. The molecule has 140 valence electrons. The van der Waals surface area contributed by atoms with Crippen molar-refractivity contribution in [2.45, 2.75) is 39.0 Å². The molecule has 2 heterocycles. The van der Waals surface area contributed by atoms with E-state index in [9.17, 15) is 9.18 Å². The molecule has 0 atom stereocenters. The zero-order valence-corrected chi connectivity index (χ0v) is 15.4. The molecule has 6 heteroatoms. The van der Waals surface area contributed by atoms with E-state index in [-0.39, 0.29) is 11.7 Å². The fourth-order valence-electron chi connectivity index (χ4n) is 3.43. The first-order valence-electron chi connectivity index (χ1n) is 9.46. The number of nitrogens with zero attached hydrogens (tertiary/aromatic N) is 3. The first kappa shape index (κ1) is 18.6. The summed E-state index contributed by atoms with van der Waals surface area (Å²) in [6.07, 6.45) is 7.77. The highest BCUT2D eigenvalue weighted by molar-refractivity contribution is 5.95. The number of aromatic nitrogens is 2. The van der Waals surface area contributed by atoms with Crippen LogP contribution in [0.5, 0.6) is 0 Å². The quantitative estimate of drug-likeness (QED) is 0.806. The van der Waals surface area contributed by atoms with Gasteiger partial charge in [-0.3, -0.25) is 4.79 Å². The summed E-state index contributed by atoms with van der Waals surface area (Å²) in [5.74, 6) is -0.396. The van der Waals surface area contributed by atoms with Gasteiger partial charge in [0.15, 0.2) is 0 Å². The Labute approximate surface area is 154 Å². The highest BCUT2D eigenvalue weighted by atomic mass is 19.1. The Balaban J connectivity index is 1.51. The lowest BCUT2D eigenvalue weighted by Gasteiger charge is -2.19. The van der Waals surface area contributed by atoms with E-state index in [0.29, 0.717) is 12.1 Å². The van der Waals surface area contributed by atoms with E-state index >= 15 is 0 Å². The summed E-state index contributed by atoms with van der Waals surface area (Å²) >= 11 is 0. The minimum Gasteiger partial charge on any atom is -0.352 e. The van der Waals surface area contributed by atoms with E-state index in [4.69, 9.17) is 0 Å². The van der Waals surface area contributed by atoms with Crippen LogP contribution in [0.2, 0.25) is 0 Å². The van der Waals surface area contributed by atoms with Crippen LogP contribution < -0.4 is 5.32 Å². The van der Waals surface area contributed by atoms with Crippen molar-refractivity contribution in [3.63, 3.8) is 0 Å². The van der Waals surface area contributed by atoms with Gasteiger partial charge in [0.2, 0.25) is 0 Å². The van der Waals surface area contributed by atoms with Crippen LogP contribution in [-0.4, -0.2) is 46.8 Å². The van der Waals surface area contributed by atoms with Gasteiger partial charge in [-0.2, -0.15) is 5.10 Å². The number of carbonyl (C=O) groups is 1. The molecule has 1 aromatic carbocycles. The van der Waals surface area contributed by atoms with Crippen LogP contribution in [0.4, 0.5) is 4.39 Å². The van der Waals surface area contributed by atoms with Gasteiger partial charge in [-0.25, -0.2) is 9.07 Å². The van der Waals surface area contributed by atoms with Gasteiger partial charge in [0.05, 0.1) is 23.1 Å². The third kappa shape index (κ3) is 4.69. The Bertz CT molecular complexity index is 718. The zero-order chi connectivity index (χ0) is 18.4. The smallest absolute Gasteiger partial charge is 0.254 e. The van der Waals surface area contributed by atoms with Crippen LogP contribution in [0.3, 0.4) is 0 Å². The second-order valence-electron chi connectivity index (χ2n) is 6.90. The van der Waals surface area contributed by atoms with Gasteiger partial charge in [0.25, 0.3) is 5.91 Å². The summed E-state index contributed by atoms with van der Waals surface area (Å²) in [4.78, 5) is 14.9. The summed E-state index contributed by atoms with van der Waals surface area (Å²) in [7, 11) is 0. The molecule has 1 amide bonds. The van der Waals surface area contributed by atoms with Crippen LogP contribution in [0.25, 0.3) is 5.69 Å². The van der Waals surface area contributed by atoms with Gasteiger partial charge in [0, 0.05) is 6.54 Å². The summed E-state index contributed by atoms with van der Waals surface area (Å²) in [6.45, 7) is 5.90. The Morgan fingerprint density at radius 3 is 2.54 bits per heavy atom. The molecule has 1 aromatic heterocycles. The minimum atomic E-state index is -0.291. The molecule has 5 nitrogen and oxygen atoms in total. The molecule has 26 heavy (non-hydrogen) atoms. The third-order valence-corrected chi connectivity index (χ3v) is 4.96. The molecule has 0 bridgehead atoms. The fourth-order valence-corrected chi connectivity index (χ4v) is 3.43. The van der Waals surface area contributed by atoms with E-state index in [0.717, 1.165) is 24.3 Å². The fraction of sp³-hybridized carbons (Fsp3) is 0.500. The van der Waals surface area contributed by atoms with Crippen molar-refractivity contribution in [2.24, 2.45) is 0 Å². The van der Waals surface area contributed by atoms with Crippen molar-refractivity contribution in [2.75, 3.05) is 26.2 Å². The molecule has 1 aliphatic rings. The number of halogens is 1. The average molecular weight is 358 g/mol. The molecule has 1 saturated heterocycles. The molecule has 0 unspecified atom stereocenters. The molecule has 0 saturated carbocycles. The number of amides is 1. The normalized spacial score (nSPS) is 15.6. The molecule has 3 rings (SSSR count). The van der Waals surface area contributed by atoms with Crippen LogP contribution in [0.1, 0.15) is 48.2 Å². The molecule has 0 spiro atoms. The van der Waals surface area contributed by atoms with Crippen LogP contribution in [-0.2, 0) is 0 Å². The van der Waals surface area contributed by atoms with Crippen LogP contribution in [0.15, 0.2) is 30.5 Å². The van der Waals surface area contributed by atoms with Gasteiger partial charge < -0.3 is 10.2 Å². The van der Waals surface area contributed by atoms with Gasteiger partial charge in [-0.1, -0.05) is 12.8 Å². The predicted molar refractivity (Wildman–Crippen MR) is 100 cm³/mol. The summed E-state index contributed by atoms with van der Waals surface area (Å²) < 4.78 is 14.7. The van der Waals surface area contributed by atoms with Crippen molar-refractivity contribution in [3.8, 4) is 5.69 Å². The number of hydrogen-bond donors (Lipinski definition) is 1. The average Bonchev–Trinajstić information content (AvgIpc) is 2.85. The maximum atomic E-state index is 13.1. The van der Waals surface area contributed by atoms with Crippen molar-refractivity contribution in [1.82, 2.24) is 20.0 Å². The first-order valence-corrected chi connectivity index (χ1v) is 9.46. The Kier molecular flexibility index (Phi) is 6.39. The molecule has 2 aromatic rings. The highest BCUT2D eigenvalue weighted by Gasteiger charge is 2.15. The molecule has 1 N–H and O–H groups in total. The molecule has 0 aliphatic carbocycles. The third-order valence-electron chi connectivity index (χ3n) is 4.96. The number of likely N-dealkylation sites (tertiary alicyclic amines) is 1. The molecular formula is C20H27FN4O. The summed E-state index contributed by atoms with van der Waals surface area (Å²) in [6, 6.07) is 6.08. The maximum absolute atomic E-state index is 13.1. The Morgan fingerprint density at radius 1 is 1.15 bits per heavy atom. The summed E-state index contributed by atoms with van der Waals surface area (Å²) in [5, 5.41) is 7.26. The summed E-state index contributed by atoms with van der Waals surface area (Å²) in [5.41, 5.74) is 2.05. The van der Waals surface area contributed by atoms with Gasteiger partial charge in [0.1, 0.15) is 5.82 Å².